The fourth-order valence-corrected chi connectivity index (χ4v) is 7.80. The van der Waals surface area contributed by atoms with Crippen molar-refractivity contribution in [2.75, 3.05) is 19.4 Å². The van der Waals surface area contributed by atoms with Crippen molar-refractivity contribution >= 4 is 51.1 Å². The van der Waals surface area contributed by atoms with Gasteiger partial charge in [-0.2, -0.15) is 0 Å². The number of nitro groups is 1. The number of rotatable bonds is 6. The van der Waals surface area contributed by atoms with Gasteiger partial charge in [0.25, 0.3) is 11.6 Å². The van der Waals surface area contributed by atoms with Crippen molar-refractivity contribution in [1.29, 1.82) is 0 Å². The first-order valence-corrected chi connectivity index (χ1v) is 15.0. The number of hydrogen-bond acceptors (Lipinski definition) is 13. The molecule has 3 unspecified atom stereocenters. The summed E-state index contributed by atoms with van der Waals surface area (Å²) in [5.41, 5.74) is 5.77. The van der Waals surface area contributed by atoms with Gasteiger partial charge in [0, 0.05) is 40.5 Å². The van der Waals surface area contributed by atoms with E-state index in [4.69, 9.17) is 5.73 Å². The number of nitrogens with two attached hydrogens (primary N) is 1. The maximum absolute atomic E-state index is 14.1. The molecule has 3 aromatic rings. The van der Waals surface area contributed by atoms with E-state index in [1.807, 2.05) is 0 Å². The number of thiazole rings is 1. The summed E-state index contributed by atoms with van der Waals surface area (Å²) in [5, 5.41) is 61.7. The average Bonchev–Trinajstić information content (AvgIpc) is 3.46. The number of likely N-dealkylation sites (N-methyl/N-ethyl adjacent to an activating group) is 1. The number of phenolic OH excluding ortho intramolecular Hbond substituents is 1. The van der Waals surface area contributed by atoms with Crippen LogP contribution in [0.3, 0.4) is 0 Å². The van der Waals surface area contributed by atoms with Gasteiger partial charge in [0.1, 0.15) is 22.8 Å². The van der Waals surface area contributed by atoms with Crippen LogP contribution in [0.5, 0.6) is 5.75 Å². The van der Waals surface area contributed by atoms with Gasteiger partial charge < -0.3 is 31.5 Å². The molecule has 0 aliphatic heterocycles. The second-order valence-corrected chi connectivity index (χ2v) is 12.6. The number of fused-ring (bicyclic) bond motifs is 3. The van der Waals surface area contributed by atoms with Gasteiger partial charge in [0.05, 0.1) is 39.9 Å². The van der Waals surface area contributed by atoms with Crippen LogP contribution in [0.1, 0.15) is 24.0 Å². The first kappa shape index (κ1) is 30.9. The molecule has 7 N–H and O–H groups in total. The third-order valence-electron chi connectivity index (χ3n) is 9.09. The molecule has 0 bridgehead atoms. The maximum Gasteiger partial charge on any atom is 0.270 e. The minimum atomic E-state index is -1.62. The van der Waals surface area contributed by atoms with Gasteiger partial charge in [0.2, 0.25) is 0 Å². The van der Waals surface area contributed by atoms with Crippen LogP contribution < -0.4 is 11.1 Å². The number of nitrogens with one attached hydrogen (secondary N) is 1. The van der Waals surface area contributed by atoms with Crippen molar-refractivity contribution in [3.8, 4) is 17.0 Å². The molecule has 238 valence electrons. The number of Topliss-reactive ketones (excluding diaryl/α,β-unsaturated/α-hetero) is 2. The lowest BCUT2D eigenvalue weighted by Crippen LogP contribution is -2.61. The number of ketones is 2. The fraction of sp³-hybridized carbons (Fsp3) is 0.290. The first-order valence-electron chi connectivity index (χ1n) is 14.2. The Morgan fingerprint density at radius 1 is 1.13 bits per heavy atom. The smallest absolute Gasteiger partial charge is 0.270 e. The number of nitrogens with zero attached hydrogens (tertiary/aromatic N) is 3. The van der Waals surface area contributed by atoms with E-state index >= 15 is 0 Å². The number of amides is 1. The Kier molecular flexibility index (Phi) is 7.42. The predicted octanol–water partition coefficient (Wildman–Crippen LogP) is 3.16. The quantitative estimate of drug-likeness (QED) is 0.0745. The van der Waals surface area contributed by atoms with Crippen LogP contribution in [-0.2, 0) is 14.4 Å². The van der Waals surface area contributed by atoms with Crippen LogP contribution in [0.15, 0.2) is 58.7 Å². The largest absolute Gasteiger partial charge is 0.510 e. The number of aromatic hydroxyl groups is 1. The van der Waals surface area contributed by atoms with Crippen LogP contribution >= 0.6 is 11.3 Å². The number of non-ortho nitro benzene ring substituents is 1. The van der Waals surface area contributed by atoms with E-state index in [1.165, 1.54) is 28.4 Å². The average molecular weight is 648 g/mol. The molecule has 14 nitrogen and oxygen atoms in total. The highest BCUT2D eigenvalue weighted by molar-refractivity contribution is 7.14. The van der Waals surface area contributed by atoms with E-state index in [1.54, 1.807) is 50.7 Å². The standard InChI is InChI=1S/C31H29N5O9S/c1-11-14-7-8-15(33-31-34-16(10-46-31)12-5-4-6-13(9-12)36(44)45)24(37)18(14)26(39)20-17(11)25(38)19-21(27(20)40)28(41)22(30(32)43)29(42)23(19)35(2)3/h4-11,17,19,21,23,25,37-39,42H,1-3H3,(H2,32,43)(H,33,34)/t11-,17?,19?,21?,23-,25-/m0/s1. The molecule has 3 aliphatic rings. The lowest BCUT2D eigenvalue weighted by atomic mass is 9.56. The number of primary amides is 1. The number of aliphatic hydroxyl groups is 3. The lowest BCUT2D eigenvalue weighted by molar-refractivity contribution is -0.384. The van der Waals surface area contributed by atoms with Gasteiger partial charge in [-0.25, -0.2) is 4.98 Å². The molecule has 2 aromatic carbocycles. The van der Waals surface area contributed by atoms with Crippen molar-refractivity contribution in [2.45, 2.75) is 25.0 Å². The van der Waals surface area contributed by atoms with E-state index in [9.17, 15) is 44.9 Å². The normalized spacial score (nSPS) is 25.7. The number of carbonyl (C=O) groups is 3. The summed E-state index contributed by atoms with van der Waals surface area (Å²) in [4.78, 5) is 56.3. The van der Waals surface area contributed by atoms with Crippen LogP contribution in [0.4, 0.5) is 16.5 Å². The van der Waals surface area contributed by atoms with Gasteiger partial charge in [-0.3, -0.25) is 29.4 Å². The second kappa shape index (κ2) is 11.0. The Labute approximate surface area is 265 Å². The van der Waals surface area contributed by atoms with Crippen molar-refractivity contribution in [3.05, 3.63) is 79.9 Å². The topological polar surface area (TPSA) is 229 Å². The number of hydrogen-bond donors (Lipinski definition) is 6. The number of anilines is 2. The Bertz CT molecular complexity index is 1920. The second-order valence-electron chi connectivity index (χ2n) is 11.8. The molecular weight excluding hydrogens is 618 g/mol. The van der Waals surface area contributed by atoms with Gasteiger partial charge >= 0.3 is 0 Å². The van der Waals surface area contributed by atoms with E-state index in [0.717, 1.165) is 0 Å². The maximum atomic E-state index is 14.1. The molecule has 0 spiro atoms. The zero-order chi connectivity index (χ0) is 33.4. The molecule has 0 saturated heterocycles. The summed E-state index contributed by atoms with van der Waals surface area (Å²) >= 11 is 1.17. The first-order chi connectivity index (χ1) is 21.7. The number of benzene rings is 2. The molecule has 15 heteroatoms. The highest BCUT2D eigenvalue weighted by atomic mass is 32.1. The lowest BCUT2D eigenvalue weighted by Gasteiger charge is -2.50. The molecule has 1 heterocycles. The third-order valence-corrected chi connectivity index (χ3v) is 9.85. The van der Waals surface area contributed by atoms with E-state index in [2.05, 4.69) is 10.3 Å². The summed E-state index contributed by atoms with van der Waals surface area (Å²) in [5.74, 6) is -9.17. The summed E-state index contributed by atoms with van der Waals surface area (Å²) in [6.07, 6.45) is -1.42. The Hall–Kier alpha value is -5.12. The number of aliphatic hydroxyl groups excluding tert-OH is 3. The van der Waals surface area contributed by atoms with Crippen LogP contribution in [-0.4, -0.2) is 78.9 Å². The molecule has 1 fully saturated rings. The highest BCUT2D eigenvalue weighted by Crippen LogP contribution is 2.55. The molecule has 0 radical (unpaired) electrons. The number of nitro benzene ring substituents is 1. The Morgan fingerprint density at radius 3 is 2.50 bits per heavy atom. The van der Waals surface area contributed by atoms with Crippen LogP contribution in [0, 0.1) is 27.9 Å². The number of aromatic nitrogens is 1. The predicted molar refractivity (Wildman–Crippen MR) is 166 cm³/mol. The zero-order valence-electron chi connectivity index (χ0n) is 24.7. The molecule has 6 atom stereocenters. The van der Waals surface area contributed by atoms with Crippen molar-refractivity contribution in [2.24, 2.45) is 23.5 Å². The van der Waals surface area contributed by atoms with Crippen LogP contribution in [0.25, 0.3) is 17.0 Å². The Balaban J connectivity index is 1.40. The molecule has 6 rings (SSSR count). The molecule has 1 amide bonds. The fourth-order valence-electron chi connectivity index (χ4n) is 7.07. The van der Waals surface area contributed by atoms with E-state index in [0.29, 0.717) is 22.0 Å². The minimum Gasteiger partial charge on any atom is -0.510 e. The highest BCUT2D eigenvalue weighted by Gasteiger charge is 2.60. The van der Waals surface area contributed by atoms with Gasteiger partial charge in [-0.15, -0.1) is 11.3 Å². The molecule has 1 saturated carbocycles. The molecule has 46 heavy (non-hydrogen) atoms. The minimum absolute atomic E-state index is 0.0702. The number of carbonyl (C=O) groups excluding carboxylic acids is 3. The van der Waals surface area contributed by atoms with E-state index < -0.39 is 81.1 Å². The monoisotopic (exact) mass is 647 g/mol. The molecule has 3 aliphatic carbocycles. The van der Waals surface area contributed by atoms with Gasteiger partial charge in [0.15, 0.2) is 16.7 Å². The van der Waals surface area contributed by atoms with Crippen molar-refractivity contribution in [3.63, 3.8) is 0 Å². The molecular formula is C31H29N5O9S. The van der Waals surface area contributed by atoms with Crippen molar-refractivity contribution < 1.29 is 39.7 Å². The summed E-state index contributed by atoms with van der Waals surface area (Å²) in [7, 11) is 3.13. The zero-order valence-corrected chi connectivity index (χ0v) is 25.5. The van der Waals surface area contributed by atoms with Gasteiger partial charge in [-0.1, -0.05) is 25.1 Å². The van der Waals surface area contributed by atoms with E-state index in [-0.39, 0.29) is 22.5 Å². The number of phenols is 1. The Morgan fingerprint density at radius 2 is 1.85 bits per heavy atom. The summed E-state index contributed by atoms with van der Waals surface area (Å²) < 4.78 is 0. The van der Waals surface area contributed by atoms with Crippen LogP contribution in [0.2, 0.25) is 0 Å². The summed E-state index contributed by atoms with van der Waals surface area (Å²) in [6.45, 7) is 1.71. The van der Waals surface area contributed by atoms with Gasteiger partial charge in [-0.05, 0) is 31.6 Å². The molecule has 1 aromatic heterocycles. The SMILES string of the molecule is C[C@H]1c2ccc(Nc3nc(-c4cccc([N+](=O)[O-])c4)cs3)c(O)c2C(O)=C2C(=O)C3C(=O)C(C(N)=O)=C(O)[C@@H](N(C)C)C3[C@@H](O)C21. The van der Waals surface area contributed by atoms with Crippen molar-refractivity contribution in [1.82, 2.24) is 9.88 Å². The third kappa shape index (κ3) is 4.54. The summed E-state index contributed by atoms with van der Waals surface area (Å²) in [6, 6.07) is 8.06.